The second kappa shape index (κ2) is 5.06. The Hall–Kier alpha value is -1.80. The number of aliphatic hydroxyl groups is 1. The van der Waals surface area contributed by atoms with Crippen LogP contribution in [0.25, 0.3) is 0 Å². The summed E-state index contributed by atoms with van der Waals surface area (Å²) in [5.41, 5.74) is 0.599. The van der Waals surface area contributed by atoms with Gasteiger partial charge in [0.2, 0.25) is 0 Å². The SMILES string of the molecule is CC(C)(O)C(C)(Nc1ccccc1)c1ccccc1. The third-order valence-corrected chi connectivity index (χ3v) is 3.74. The molecular formula is C17H21NO. The molecule has 2 aromatic carbocycles. The Kier molecular flexibility index (Phi) is 3.63. The average molecular weight is 255 g/mol. The standard InChI is InChI=1S/C17H21NO/c1-16(2,19)17(3,14-10-6-4-7-11-14)18-15-12-8-5-9-13-15/h4-13,18-19H,1-3H3. The van der Waals surface area contributed by atoms with Gasteiger partial charge in [0.1, 0.15) is 0 Å². The summed E-state index contributed by atoms with van der Waals surface area (Å²) in [7, 11) is 0. The molecule has 19 heavy (non-hydrogen) atoms. The molecule has 0 radical (unpaired) electrons. The number of hydrogen-bond donors (Lipinski definition) is 2. The van der Waals surface area contributed by atoms with Crippen molar-refractivity contribution >= 4 is 5.69 Å². The zero-order chi connectivity index (χ0) is 13.9. The quantitative estimate of drug-likeness (QED) is 0.871. The highest BCUT2D eigenvalue weighted by Crippen LogP contribution is 2.35. The van der Waals surface area contributed by atoms with Gasteiger partial charge < -0.3 is 10.4 Å². The third-order valence-electron chi connectivity index (χ3n) is 3.74. The van der Waals surface area contributed by atoms with E-state index in [1.807, 2.05) is 81.4 Å². The summed E-state index contributed by atoms with van der Waals surface area (Å²) in [5.74, 6) is 0. The maximum absolute atomic E-state index is 10.6. The summed E-state index contributed by atoms with van der Waals surface area (Å²) in [6, 6.07) is 20.0. The number of rotatable bonds is 4. The van der Waals surface area contributed by atoms with Gasteiger partial charge in [-0.05, 0) is 38.5 Å². The van der Waals surface area contributed by atoms with Crippen LogP contribution in [0, 0.1) is 0 Å². The predicted octanol–water partition coefficient (Wildman–Crippen LogP) is 3.78. The molecule has 0 aromatic heterocycles. The smallest absolute Gasteiger partial charge is 0.0879 e. The largest absolute Gasteiger partial charge is 0.388 e. The molecule has 0 aliphatic heterocycles. The van der Waals surface area contributed by atoms with E-state index in [1.165, 1.54) is 0 Å². The lowest BCUT2D eigenvalue weighted by molar-refractivity contribution is 0.0141. The molecule has 2 aromatic rings. The van der Waals surface area contributed by atoms with Gasteiger partial charge in [0.25, 0.3) is 0 Å². The highest BCUT2D eigenvalue weighted by molar-refractivity contribution is 5.48. The minimum atomic E-state index is -0.899. The lowest BCUT2D eigenvalue weighted by Crippen LogP contribution is -2.50. The van der Waals surface area contributed by atoms with E-state index in [1.54, 1.807) is 0 Å². The molecule has 1 unspecified atom stereocenters. The van der Waals surface area contributed by atoms with Crippen LogP contribution in [0.3, 0.4) is 0 Å². The van der Waals surface area contributed by atoms with Crippen LogP contribution in [0.5, 0.6) is 0 Å². The molecule has 0 aliphatic carbocycles. The van der Waals surface area contributed by atoms with Crippen LogP contribution in [0.1, 0.15) is 26.3 Å². The van der Waals surface area contributed by atoms with E-state index in [0.29, 0.717) is 0 Å². The van der Waals surface area contributed by atoms with Crippen molar-refractivity contribution in [2.75, 3.05) is 5.32 Å². The molecule has 0 spiro atoms. The van der Waals surface area contributed by atoms with Gasteiger partial charge >= 0.3 is 0 Å². The fourth-order valence-electron chi connectivity index (χ4n) is 2.16. The van der Waals surface area contributed by atoms with E-state index in [4.69, 9.17) is 0 Å². The molecular weight excluding hydrogens is 234 g/mol. The summed E-state index contributed by atoms with van der Waals surface area (Å²) < 4.78 is 0. The Morgan fingerprint density at radius 3 is 1.74 bits per heavy atom. The van der Waals surface area contributed by atoms with E-state index in [-0.39, 0.29) is 0 Å². The maximum atomic E-state index is 10.6. The summed E-state index contributed by atoms with van der Waals surface area (Å²) in [6.07, 6.45) is 0. The molecule has 2 heteroatoms. The van der Waals surface area contributed by atoms with Crippen molar-refractivity contribution < 1.29 is 5.11 Å². The van der Waals surface area contributed by atoms with Gasteiger partial charge in [-0.3, -0.25) is 0 Å². The second-order valence-electron chi connectivity index (χ2n) is 5.54. The van der Waals surface area contributed by atoms with Gasteiger partial charge in [-0.1, -0.05) is 48.5 Å². The van der Waals surface area contributed by atoms with Gasteiger partial charge in [-0.15, -0.1) is 0 Å². The van der Waals surface area contributed by atoms with Crippen molar-refractivity contribution in [3.05, 3.63) is 66.2 Å². The van der Waals surface area contributed by atoms with Crippen molar-refractivity contribution in [2.45, 2.75) is 31.9 Å². The third kappa shape index (κ3) is 2.79. The van der Waals surface area contributed by atoms with Gasteiger partial charge in [0.15, 0.2) is 0 Å². The zero-order valence-corrected chi connectivity index (χ0v) is 11.7. The highest BCUT2D eigenvalue weighted by atomic mass is 16.3. The van der Waals surface area contributed by atoms with Gasteiger partial charge in [-0.2, -0.15) is 0 Å². The minimum absolute atomic E-state index is 0.560. The lowest BCUT2D eigenvalue weighted by Gasteiger charge is -2.42. The van der Waals surface area contributed by atoms with Crippen LogP contribution in [-0.2, 0) is 5.54 Å². The first-order chi connectivity index (χ1) is 8.93. The molecule has 2 rings (SSSR count). The van der Waals surface area contributed by atoms with Crippen LogP contribution in [0.4, 0.5) is 5.69 Å². The second-order valence-corrected chi connectivity index (χ2v) is 5.54. The summed E-state index contributed by atoms with van der Waals surface area (Å²) in [4.78, 5) is 0. The van der Waals surface area contributed by atoms with Crippen molar-refractivity contribution in [1.29, 1.82) is 0 Å². The number of para-hydroxylation sites is 1. The van der Waals surface area contributed by atoms with E-state index < -0.39 is 11.1 Å². The number of nitrogens with one attached hydrogen (secondary N) is 1. The molecule has 1 atom stereocenters. The molecule has 0 bridgehead atoms. The topological polar surface area (TPSA) is 32.3 Å². The van der Waals surface area contributed by atoms with E-state index in [2.05, 4.69) is 5.32 Å². The Bertz CT molecular complexity index is 516. The first-order valence-electron chi connectivity index (χ1n) is 6.54. The Morgan fingerprint density at radius 1 is 0.789 bits per heavy atom. The average Bonchev–Trinajstić information content (AvgIpc) is 2.39. The molecule has 0 saturated heterocycles. The monoisotopic (exact) mass is 255 g/mol. The first-order valence-corrected chi connectivity index (χ1v) is 6.54. The van der Waals surface area contributed by atoms with E-state index in [0.717, 1.165) is 11.3 Å². The number of anilines is 1. The fourth-order valence-corrected chi connectivity index (χ4v) is 2.16. The maximum Gasteiger partial charge on any atom is 0.0879 e. The van der Waals surface area contributed by atoms with E-state index in [9.17, 15) is 5.11 Å². The van der Waals surface area contributed by atoms with Crippen molar-refractivity contribution in [2.24, 2.45) is 0 Å². The Morgan fingerprint density at radius 2 is 1.26 bits per heavy atom. The van der Waals surface area contributed by atoms with Crippen LogP contribution in [0.15, 0.2) is 60.7 Å². The van der Waals surface area contributed by atoms with Gasteiger partial charge in [0, 0.05) is 5.69 Å². The molecule has 0 amide bonds. The molecule has 100 valence electrons. The van der Waals surface area contributed by atoms with Crippen molar-refractivity contribution in [3.63, 3.8) is 0 Å². The zero-order valence-electron chi connectivity index (χ0n) is 11.7. The van der Waals surface area contributed by atoms with Crippen LogP contribution >= 0.6 is 0 Å². The number of benzene rings is 2. The Labute approximate surface area is 115 Å². The highest BCUT2D eigenvalue weighted by Gasteiger charge is 2.41. The van der Waals surface area contributed by atoms with Crippen LogP contribution < -0.4 is 5.32 Å². The summed E-state index contributed by atoms with van der Waals surface area (Å²) >= 11 is 0. The normalized spacial score (nSPS) is 14.7. The lowest BCUT2D eigenvalue weighted by atomic mass is 9.78. The minimum Gasteiger partial charge on any atom is -0.388 e. The molecule has 0 heterocycles. The Balaban J connectivity index is 2.42. The summed E-state index contributed by atoms with van der Waals surface area (Å²) in [6.45, 7) is 5.68. The van der Waals surface area contributed by atoms with Crippen molar-refractivity contribution in [1.82, 2.24) is 0 Å². The van der Waals surface area contributed by atoms with E-state index >= 15 is 0 Å². The molecule has 0 fully saturated rings. The fraction of sp³-hybridized carbons (Fsp3) is 0.294. The molecule has 0 aliphatic rings. The van der Waals surface area contributed by atoms with Crippen LogP contribution in [-0.4, -0.2) is 10.7 Å². The molecule has 2 nitrogen and oxygen atoms in total. The number of hydrogen-bond acceptors (Lipinski definition) is 2. The van der Waals surface area contributed by atoms with Crippen molar-refractivity contribution in [3.8, 4) is 0 Å². The summed E-state index contributed by atoms with van der Waals surface area (Å²) in [5, 5.41) is 14.1. The molecule has 0 saturated carbocycles. The predicted molar refractivity (Wildman–Crippen MR) is 80.2 cm³/mol. The van der Waals surface area contributed by atoms with Gasteiger partial charge in [0.05, 0.1) is 11.1 Å². The van der Waals surface area contributed by atoms with Gasteiger partial charge in [-0.25, -0.2) is 0 Å². The molecule has 2 N–H and O–H groups in total. The first kappa shape index (κ1) is 13.6. The van der Waals surface area contributed by atoms with Crippen LogP contribution in [0.2, 0.25) is 0 Å².